The minimum Gasteiger partial charge on any atom is -0.387 e. The maximum absolute atomic E-state index is 10.1. The first-order valence-electron chi connectivity index (χ1n) is 6.70. The quantitative estimate of drug-likeness (QED) is 0.839. The van der Waals surface area contributed by atoms with Gasteiger partial charge >= 0.3 is 0 Å². The molecular formula is C16H21NOS. The van der Waals surface area contributed by atoms with Crippen LogP contribution in [-0.4, -0.2) is 11.7 Å². The number of aliphatic hydroxyl groups excluding tert-OH is 1. The average molecular weight is 275 g/mol. The fraction of sp³-hybridized carbons (Fsp3) is 0.375. The van der Waals surface area contributed by atoms with E-state index in [1.165, 1.54) is 11.1 Å². The third-order valence-corrected chi connectivity index (χ3v) is 4.07. The molecule has 3 heteroatoms. The van der Waals surface area contributed by atoms with Crippen LogP contribution >= 0.6 is 11.3 Å². The van der Waals surface area contributed by atoms with E-state index in [1.807, 2.05) is 16.8 Å². The highest BCUT2D eigenvalue weighted by Crippen LogP contribution is 2.20. The van der Waals surface area contributed by atoms with Crippen molar-refractivity contribution in [1.29, 1.82) is 0 Å². The molecule has 0 bridgehead atoms. The summed E-state index contributed by atoms with van der Waals surface area (Å²) in [5.74, 6) is 0. The Bertz CT molecular complexity index is 478. The molecule has 0 saturated heterocycles. The van der Waals surface area contributed by atoms with Crippen LogP contribution in [0.3, 0.4) is 0 Å². The molecule has 0 aliphatic carbocycles. The third-order valence-electron chi connectivity index (χ3n) is 3.37. The van der Waals surface area contributed by atoms with Gasteiger partial charge in [0, 0.05) is 12.6 Å². The predicted octanol–water partition coefficient (Wildman–Crippen LogP) is 3.83. The van der Waals surface area contributed by atoms with E-state index >= 15 is 0 Å². The topological polar surface area (TPSA) is 32.3 Å². The molecule has 0 aliphatic heterocycles. The first-order valence-corrected chi connectivity index (χ1v) is 7.65. The number of benzene rings is 1. The zero-order valence-electron chi connectivity index (χ0n) is 11.5. The molecule has 0 saturated carbocycles. The molecule has 0 radical (unpaired) electrons. The number of hydrogen-bond donors (Lipinski definition) is 2. The molecule has 102 valence electrons. The van der Waals surface area contributed by atoms with E-state index in [4.69, 9.17) is 0 Å². The number of thiophene rings is 1. The van der Waals surface area contributed by atoms with Crippen LogP contribution in [-0.2, 0) is 0 Å². The van der Waals surface area contributed by atoms with Gasteiger partial charge in [0.15, 0.2) is 0 Å². The lowest BCUT2D eigenvalue weighted by atomic mass is 10.0. The summed E-state index contributed by atoms with van der Waals surface area (Å²) in [5.41, 5.74) is 3.55. The summed E-state index contributed by atoms with van der Waals surface area (Å²) in [5, 5.41) is 17.5. The van der Waals surface area contributed by atoms with Crippen LogP contribution in [0.5, 0.6) is 0 Å². The van der Waals surface area contributed by atoms with E-state index in [0.29, 0.717) is 12.6 Å². The maximum Gasteiger partial charge on any atom is 0.0922 e. The van der Waals surface area contributed by atoms with Crippen molar-refractivity contribution in [2.45, 2.75) is 32.4 Å². The van der Waals surface area contributed by atoms with Crippen molar-refractivity contribution in [1.82, 2.24) is 5.32 Å². The average Bonchev–Trinajstić information content (AvgIpc) is 2.95. The van der Waals surface area contributed by atoms with Gasteiger partial charge in [0.1, 0.15) is 0 Å². The summed E-state index contributed by atoms with van der Waals surface area (Å²) in [7, 11) is 0. The first kappa shape index (κ1) is 14.3. The zero-order chi connectivity index (χ0) is 13.7. The van der Waals surface area contributed by atoms with Crippen LogP contribution in [0.4, 0.5) is 0 Å². The van der Waals surface area contributed by atoms with Gasteiger partial charge in [-0.3, -0.25) is 0 Å². The maximum atomic E-state index is 10.1. The number of aliphatic hydroxyl groups is 1. The Morgan fingerprint density at radius 3 is 2.47 bits per heavy atom. The Hall–Kier alpha value is -1.16. The number of hydrogen-bond acceptors (Lipinski definition) is 3. The van der Waals surface area contributed by atoms with Crippen molar-refractivity contribution >= 4 is 11.3 Å². The second kappa shape index (κ2) is 6.85. The van der Waals surface area contributed by atoms with Gasteiger partial charge in [-0.05, 0) is 41.3 Å². The van der Waals surface area contributed by atoms with Gasteiger partial charge in [-0.25, -0.2) is 0 Å². The molecule has 2 nitrogen and oxygen atoms in total. The van der Waals surface area contributed by atoms with Crippen LogP contribution in [0.15, 0.2) is 41.1 Å². The molecule has 0 amide bonds. The van der Waals surface area contributed by atoms with Gasteiger partial charge < -0.3 is 10.4 Å². The van der Waals surface area contributed by atoms with E-state index < -0.39 is 6.10 Å². The summed E-state index contributed by atoms with van der Waals surface area (Å²) in [6.07, 6.45) is 0.588. The summed E-state index contributed by atoms with van der Waals surface area (Å²) in [6.45, 7) is 4.84. The molecule has 2 atom stereocenters. The Balaban J connectivity index is 1.94. The van der Waals surface area contributed by atoms with Crippen LogP contribution < -0.4 is 5.32 Å². The molecule has 2 unspecified atom stereocenters. The smallest absolute Gasteiger partial charge is 0.0922 e. The monoisotopic (exact) mass is 275 g/mol. The van der Waals surface area contributed by atoms with Crippen molar-refractivity contribution in [3.8, 4) is 0 Å². The van der Waals surface area contributed by atoms with Crippen LogP contribution in [0, 0.1) is 6.92 Å². The highest BCUT2D eigenvalue weighted by Gasteiger charge is 2.12. The van der Waals surface area contributed by atoms with Crippen molar-refractivity contribution < 1.29 is 5.11 Å². The fourth-order valence-electron chi connectivity index (χ4n) is 2.13. The van der Waals surface area contributed by atoms with E-state index in [9.17, 15) is 5.11 Å². The molecule has 1 heterocycles. The van der Waals surface area contributed by atoms with Crippen LogP contribution in [0.25, 0.3) is 0 Å². The van der Waals surface area contributed by atoms with E-state index in [-0.39, 0.29) is 0 Å². The SMILES string of the molecule is CCC(NCC(O)c1ccsc1)c1ccc(C)cc1. The molecule has 1 aromatic heterocycles. The van der Waals surface area contributed by atoms with Crippen molar-refractivity contribution in [2.24, 2.45) is 0 Å². The second-order valence-electron chi connectivity index (χ2n) is 4.85. The Morgan fingerprint density at radius 1 is 1.16 bits per heavy atom. The first-order chi connectivity index (χ1) is 9.20. The predicted molar refractivity (Wildman–Crippen MR) is 81.5 cm³/mol. The molecule has 2 rings (SSSR count). The molecule has 2 N–H and O–H groups in total. The van der Waals surface area contributed by atoms with E-state index in [2.05, 4.69) is 43.4 Å². The molecule has 2 aromatic rings. The molecule has 1 aromatic carbocycles. The third kappa shape index (κ3) is 3.90. The highest BCUT2D eigenvalue weighted by atomic mass is 32.1. The lowest BCUT2D eigenvalue weighted by molar-refractivity contribution is 0.170. The van der Waals surface area contributed by atoms with E-state index in [0.717, 1.165) is 12.0 Å². The largest absolute Gasteiger partial charge is 0.387 e. The highest BCUT2D eigenvalue weighted by molar-refractivity contribution is 7.07. The Labute approximate surface area is 119 Å². The molecule has 0 spiro atoms. The standard InChI is InChI=1S/C16H21NOS/c1-3-15(13-6-4-12(2)5-7-13)17-10-16(18)14-8-9-19-11-14/h4-9,11,15-18H,3,10H2,1-2H3. The number of aryl methyl sites for hydroxylation is 1. The van der Waals surface area contributed by atoms with Gasteiger partial charge in [-0.1, -0.05) is 36.8 Å². The Morgan fingerprint density at radius 2 is 1.89 bits per heavy atom. The van der Waals surface area contributed by atoms with Gasteiger partial charge in [-0.15, -0.1) is 0 Å². The zero-order valence-corrected chi connectivity index (χ0v) is 12.3. The molecule has 0 aliphatic rings. The van der Waals surface area contributed by atoms with E-state index in [1.54, 1.807) is 11.3 Å². The number of nitrogens with one attached hydrogen (secondary N) is 1. The number of rotatable bonds is 6. The van der Waals surface area contributed by atoms with Gasteiger partial charge in [-0.2, -0.15) is 11.3 Å². The van der Waals surface area contributed by atoms with Gasteiger partial charge in [0.2, 0.25) is 0 Å². The minimum absolute atomic E-state index is 0.300. The normalized spacial score (nSPS) is 14.3. The lowest BCUT2D eigenvalue weighted by Gasteiger charge is -2.20. The molecule has 19 heavy (non-hydrogen) atoms. The van der Waals surface area contributed by atoms with Crippen molar-refractivity contribution in [3.63, 3.8) is 0 Å². The molecular weight excluding hydrogens is 254 g/mol. The second-order valence-corrected chi connectivity index (χ2v) is 5.63. The van der Waals surface area contributed by atoms with Gasteiger partial charge in [0.25, 0.3) is 0 Å². The van der Waals surface area contributed by atoms with Crippen LogP contribution in [0.1, 0.15) is 42.2 Å². The van der Waals surface area contributed by atoms with Gasteiger partial charge in [0.05, 0.1) is 6.10 Å². The summed E-state index contributed by atoms with van der Waals surface area (Å²) in [4.78, 5) is 0. The minimum atomic E-state index is -0.425. The van der Waals surface area contributed by atoms with Crippen molar-refractivity contribution in [2.75, 3.05) is 6.54 Å². The Kier molecular flexibility index (Phi) is 5.14. The summed E-state index contributed by atoms with van der Waals surface area (Å²) >= 11 is 1.62. The fourth-order valence-corrected chi connectivity index (χ4v) is 2.84. The summed E-state index contributed by atoms with van der Waals surface area (Å²) in [6, 6.07) is 10.9. The lowest BCUT2D eigenvalue weighted by Crippen LogP contribution is -2.26. The molecule has 0 fully saturated rings. The van der Waals surface area contributed by atoms with Crippen LogP contribution in [0.2, 0.25) is 0 Å². The van der Waals surface area contributed by atoms with Crippen molar-refractivity contribution in [3.05, 3.63) is 57.8 Å². The summed E-state index contributed by atoms with van der Waals surface area (Å²) < 4.78 is 0.